The molecule has 114 valence electrons. The van der Waals surface area contributed by atoms with E-state index in [2.05, 4.69) is 4.98 Å². The summed E-state index contributed by atoms with van der Waals surface area (Å²) in [5.74, 6) is -0.270. The van der Waals surface area contributed by atoms with E-state index in [1.807, 2.05) is 0 Å². The van der Waals surface area contributed by atoms with Crippen LogP contribution >= 0.6 is 0 Å². The summed E-state index contributed by atoms with van der Waals surface area (Å²) in [6.45, 7) is 3.51. The minimum absolute atomic E-state index is 0.0606. The van der Waals surface area contributed by atoms with Gasteiger partial charge in [-0.05, 0) is 18.1 Å². The van der Waals surface area contributed by atoms with Gasteiger partial charge in [-0.2, -0.15) is 13.2 Å². The first kappa shape index (κ1) is 17.0. The molecule has 20 heavy (non-hydrogen) atoms. The maximum atomic E-state index is 12.6. The molecule has 1 saturated carbocycles. The van der Waals surface area contributed by atoms with Gasteiger partial charge in [-0.15, -0.1) is 0 Å². The summed E-state index contributed by atoms with van der Waals surface area (Å²) in [4.78, 5) is 3.91. The molecule has 2 N–H and O–H groups in total. The van der Waals surface area contributed by atoms with Gasteiger partial charge in [0.25, 0.3) is 0 Å². The van der Waals surface area contributed by atoms with Crippen LogP contribution in [0.4, 0.5) is 13.2 Å². The number of hydrogen-bond acceptors (Lipinski definition) is 2. The molecule has 0 amide bonds. The summed E-state index contributed by atoms with van der Waals surface area (Å²) in [5.41, 5.74) is 5.20. The standard InChI is InChI=1S/C10H13F3N2.C5H10/c1-6(2)9-8(10(11,12)13)4-3-7(5-14)15-9;1-2-4-5-3-1/h3-4,6H,5,14H2,1-2H3;1-5H2. The molecular weight excluding hydrogens is 265 g/mol. The van der Waals surface area contributed by atoms with Crippen molar-refractivity contribution in [2.24, 2.45) is 5.73 Å². The molecule has 1 heterocycles. The summed E-state index contributed by atoms with van der Waals surface area (Å²) in [5, 5.41) is 0. The molecule has 0 unspecified atom stereocenters. The van der Waals surface area contributed by atoms with Crippen LogP contribution in [0.15, 0.2) is 12.1 Å². The van der Waals surface area contributed by atoms with Crippen LogP contribution in [0.1, 0.15) is 68.8 Å². The van der Waals surface area contributed by atoms with Crippen LogP contribution in [-0.2, 0) is 12.7 Å². The lowest BCUT2D eigenvalue weighted by Crippen LogP contribution is -2.14. The van der Waals surface area contributed by atoms with Crippen molar-refractivity contribution in [3.63, 3.8) is 0 Å². The zero-order chi connectivity index (χ0) is 15.2. The van der Waals surface area contributed by atoms with Crippen molar-refractivity contribution in [2.45, 2.75) is 64.6 Å². The van der Waals surface area contributed by atoms with Crippen LogP contribution in [0.25, 0.3) is 0 Å². The fourth-order valence-corrected chi connectivity index (χ4v) is 2.19. The van der Waals surface area contributed by atoms with E-state index in [9.17, 15) is 13.2 Å². The van der Waals surface area contributed by atoms with Crippen molar-refractivity contribution in [1.82, 2.24) is 4.98 Å². The summed E-state index contributed by atoms with van der Waals surface area (Å²) in [6, 6.07) is 2.36. The number of halogens is 3. The number of rotatable bonds is 2. The van der Waals surface area contributed by atoms with Crippen LogP contribution in [0.5, 0.6) is 0 Å². The summed E-state index contributed by atoms with van der Waals surface area (Å²) >= 11 is 0. The smallest absolute Gasteiger partial charge is 0.325 e. The lowest BCUT2D eigenvalue weighted by atomic mass is 10.0. The molecule has 1 fully saturated rings. The molecule has 0 radical (unpaired) electrons. The van der Waals surface area contributed by atoms with Gasteiger partial charge in [0, 0.05) is 6.54 Å². The second-order valence-corrected chi connectivity index (χ2v) is 5.36. The first-order chi connectivity index (χ1) is 9.36. The molecule has 1 aliphatic carbocycles. The number of pyridine rings is 1. The lowest BCUT2D eigenvalue weighted by molar-refractivity contribution is -0.138. The molecule has 2 rings (SSSR count). The molecule has 1 aromatic rings. The van der Waals surface area contributed by atoms with Crippen LogP contribution in [0.2, 0.25) is 0 Å². The monoisotopic (exact) mass is 288 g/mol. The van der Waals surface area contributed by atoms with Gasteiger partial charge in [0.15, 0.2) is 0 Å². The van der Waals surface area contributed by atoms with E-state index < -0.39 is 11.7 Å². The largest absolute Gasteiger partial charge is 0.418 e. The fraction of sp³-hybridized carbons (Fsp3) is 0.667. The highest BCUT2D eigenvalue weighted by molar-refractivity contribution is 5.28. The highest BCUT2D eigenvalue weighted by atomic mass is 19.4. The highest BCUT2D eigenvalue weighted by Crippen LogP contribution is 2.34. The van der Waals surface area contributed by atoms with E-state index in [0.717, 1.165) is 6.07 Å². The van der Waals surface area contributed by atoms with E-state index >= 15 is 0 Å². The van der Waals surface area contributed by atoms with E-state index in [-0.39, 0.29) is 18.2 Å². The number of aromatic nitrogens is 1. The predicted molar refractivity (Wildman–Crippen MR) is 74.3 cm³/mol. The van der Waals surface area contributed by atoms with E-state index in [4.69, 9.17) is 5.73 Å². The van der Waals surface area contributed by atoms with Gasteiger partial charge in [-0.1, -0.05) is 46.0 Å². The summed E-state index contributed by atoms with van der Waals surface area (Å²) in [7, 11) is 0. The van der Waals surface area contributed by atoms with E-state index in [1.165, 1.54) is 38.2 Å². The molecule has 0 bridgehead atoms. The van der Waals surface area contributed by atoms with Gasteiger partial charge in [0.1, 0.15) is 0 Å². The van der Waals surface area contributed by atoms with Gasteiger partial charge in [-0.25, -0.2) is 0 Å². The average molecular weight is 288 g/mol. The molecule has 0 spiro atoms. The second kappa shape index (κ2) is 7.62. The Morgan fingerprint density at radius 3 is 1.95 bits per heavy atom. The Morgan fingerprint density at radius 1 is 1.10 bits per heavy atom. The van der Waals surface area contributed by atoms with Gasteiger partial charge >= 0.3 is 6.18 Å². The Labute approximate surface area is 118 Å². The zero-order valence-electron chi connectivity index (χ0n) is 12.1. The third-order valence-corrected chi connectivity index (χ3v) is 3.29. The Balaban J connectivity index is 0.000000333. The number of alkyl halides is 3. The molecule has 0 saturated heterocycles. The van der Waals surface area contributed by atoms with Crippen molar-refractivity contribution < 1.29 is 13.2 Å². The molecule has 0 atom stereocenters. The lowest BCUT2D eigenvalue weighted by Gasteiger charge is -2.15. The van der Waals surface area contributed by atoms with Crippen LogP contribution in [0.3, 0.4) is 0 Å². The van der Waals surface area contributed by atoms with E-state index in [1.54, 1.807) is 13.8 Å². The molecule has 2 nitrogen and oxygen atoms in total. The Morgan fingerprint density at radius 2 is 1.60 bits per heavy atom. The Bertz CT molecular complexity index is 402. The first-order valence-electron chi connectivity index (χ1n) is 7.13. The van der Waals surface area contributed by atoms with Gasteiger partial charge in [-0.3, -0.25) is 4.98 Å². The van der Waals surface area contributed by atoms with E-state index in [0.29, 0.717) is 5.69 Å². The highest BCUT2D eigenvalue weighted by Gasteiger charge is 2.34. The summed E-state index contributed by atoms with van der Waals surface area (Å²) in [6.07, 6.45) is 3.15. The number of nitrogens with two attached hydrogens (primary N) is 1. The maximum Gasteiger partial charge on any atom is 0.418 e. The molecule has 1 aromatic heterocycles. The minimum atomic E-state index is -4.35. The number of nitrogens with zero attached hydrogens (tertiary/aromatic N) is 1. The number of hydrogen-bond donors (Lipinski definition) is 1. The summed E-state index contributed by atoms with van der Waals surface area (Å²) < 4.78 is 37.7. The third-order valence-electron chi connectivity index (χ3n) is 3.29. The molecule has 5 heteroatoms. The van der Waals surface area contributed by atoms with Crippen LogP contribution in [0, 0.1) is 0 Å². The molecule has 0 aromatic carbocycles. The topological polar surface area (TPSA) is 38.9 Å². The SMILES string of the molecule is C1CCCC1.CC(C)c1nc(CN)ccc1C(F)(F)F. The zero-order valence-corrected chi connectivity index (χ0v) is 12.1. The van der Waals surface area contributed by atoms with Gasteiger partial charge in [0.05, 0.1) is 17.0 Å². The normalized spacial score (nSPS) is 15.2. The quantitative estimate of drug-likeness (QED) is 0.861. The fourth-order valence-electron chi connectivity index (χ4n) is 2.19. The third kappa shape index (κ3) is 5.12. The average Bonchev–Trinajstić information content (AvgIpc) is 2.96. The van der Waals surface area contributed by atoms with Gasteiger partial charge in [0.2, 0.25) is 0 Å². The molecule has 1 aliphatic rings. The Kier molecular flexibility index (Phi) is 6.46. The van der Waals surface area contributed by atoms with Crippen LogP contribution in [-0.4, -0.2) is 4.98 Å². The second-order valence-electron chi connectivity index (χ2n) is 5.36. The van der Waals surface area contributed by atoms with Crippen molar-refractivity contribution in [2.75, 3.05) is 0 Å². The predicted octanol–water partition coefficient (Wildman–Crippen LogP) is 4.63. The molecular formula is C15H23F3N2. The maximum absolute atomic E-state index is 12.6. The van der Waals surface area contributed by atoms with Crippen molar-refractivity contribution in [1.29, 1.82) is 0 Å². The van der Waals surface area contributed by atoms with Gasteiger partial charge < -0.3 is 5.73 Å². The van der Waals surface area contributed by atoms with Crippen molar-refractivity contribution in [3.05, 3.63) is 29.1 Å². The first-order valence-corrected chi connectivity index (χ1v) is 7.13. The minimum Gasteiger partial charge on any atom is -0.325 e. The van der Waals surface area contributed by atoms with Crippen molar-refractivity contribution >= 4 is 0 Å². The molecule has 0 aliphatic heterocycles. The van der Waals surface area contributed by atoms with Crippen molar-refractivity contribution in [3.8, 4) is 0 Å². The Hall–Kier alpha value is -1.10. The van der Waals surface area contributed by atoms with Crippen LogP contribution < -0.4 is 5.73 Å².